The molecule has 0 saturated heterocycles. The normalized spacial score (nSPS) is 16.8. The van der Waals surface area contributed by atoms with Gasteiger partial charge in [0.05, 0.1) is 11.7 Å². The predicted molar refractivity (Wildman–Crippen MR) is 74.7 cm³/mol. The Morgan fingerprint density at radius 1 is 1.40 bits per heavy atom. The lowest BCUT2D eigenvalue weighted by Gasteiger charge is -2.11. The summed E-state index contributed by atoms with van der Waals surface area (Å²) in [6.45, 7) is 0. The summed E-state index contributed by atoms with van der Waals surface area (Å²) in [6, 6.07) is 7.60. The van der Waals surface area contributed by atoms with Crippen LogP contribution in [0.1, 0.15) is 23.6 Å². The van der Waals surface area contributed by atoms with Crippen molar-refractivity contribution in [2.75, 3.05) is 0 Å². The first kappa shape index (κ1) is 12.9. The fourth-order valence-corrected chi connectivity index (χ4v) is 2.72. The van der Waals surface area contributed by atoms with Gasteiger partial charge < -0.3 is 10.4 Å². The van der Waals surface area contributed by atoms with Crippen molar-refractivity contribution in [3.8, 4) is 11.3 Å². The molecule has 2 aromatic rings. The van der Waals surface area contributed by atoms with Crippen LogP contribution in [-0.2, 0) is 6.42 Å². The Bertz CT molecular complexity index is 675. The van der Waals surface area contributed by atoms with Gasteiger partial charge in [0.2, 0.25) is 5.28 Å². The first-order chi connectivity index (χ1) is 9.63. The Kier molecular flexibility index (Phi) is 3.28. The van der Waals surface area contributed by atoms with Gasteiger partial charge in [-0.25, -0.2) is 14.8 Å². The van der Waals surface area contributed by atoms with E-state index in [1.807, 2.05) is 18.2 Å². The molecule has 1 aromatic heterocycles. The third-order valence-electron chi connectivity index (χ3n) is 3.44. The topological polar surface area (TPSA) is 75.1 Å². The highest BCUT2D eigenvalue weighted by molar-refractivity contribution is 6.28. The lowest BCUT2D eigenvalue weighted by molar-refractivity contribution is 0.190. The van der Waals surface area contributed by atoms with Gasteiger partial charge >= 0.3 is 6.09 Å². The van der Waals surface area contributed by atoms with Crippen molar-refractivity contribution in [2.24, 2.45) is 0 Å². The number of hydrogen-bond donors (Lipinski definition) is 2. The average molecular weight is 290 g/mol. The Labute approximate surface area is 120 Å². The highest BCUT2D eigenvalue weighted by Crippen LogP contribution is 2.33. The molecule has 0 bridgehead atoms. The summed E-state index contributed by atoms with van der Waals surface area (Å²) in [4.78, 5) is 18.8. The minimum atomic E-state index is -0.991. The number of halogens is 1. The van der Waals surface area contributed by atoms with Gasteiger partial charge in [-0.05, 0) is 47.7 Å². The van der Waals surface area contributed by atoms with Crippen LogP contribution in [0.2, 0.25) is 5.28 Å². The molecule has 1 unspecified atom stereocenters. The van der Waals surface area contributed by atoms with Crippen LogP contribution in [0, 0.1) is 0 Å². The van der Waals surface area contributed by atoms with E-state index in [0.717, 1.165) is 35.2 Å². The number of carboxylic acid groups (broad SMARTS) is 1. The number of nitrogens with one attached hydrogen (secondary N) is 1. The van der Waals surface area contributed by atoms with E-state index in [-0.39, 0.29) is 11.3 Å². The predicted octanol–water partition coefficient (Wildman–Crippen LogP) is 3.05. The third kappa shape index (κ3) is 2.44. The minimum absolute atomic E-state index is 0.120. The van der Waals surface area contributed by atoms with Crippen LogP contribution in [0.15, 0.2) is 30.5 Å². The van der Waals surface area contributed by atoms with Crippen molar-refractivity contribution in [3.05, 3.63) is 46.9 Å². The molecule has 0 fully saturated rings. The monoisotopic (exact) mass is 289 g/mol. The largest absolute Gasteiger partial charge is 0.465 e. The maximum atomic E-state index is 10.7. The second-order valence-electron chi connectivity index (χ2n) is 4.67. The van der Waals surface area contributed by atoms with Crippen LogP contribution in [0.4, 0.5) is 4.79 Å². The molecule has 102 valence electrons. The smallest absolute Gasteiger partial charge is 0.405 e. The molecule has 1 amide bonds. The summed E-state index contributed by atoms with van der Waals surface area (Å²) in [5, 5.41) is 11.6. The Balaban J connectivity index is 1.93. The standard InChI is InChI=1S/C14H12ClN3O2/c15-13-16-6-5-11(17-13)9-1-3-10-8(7-9)2-4-12(10)18-14(19)20/h1,3,5-7,12,18H,2,4H2,(H,19,20). The van der Waals surface area contributed by atoms with Gasteiger partial charge in [-0.1, -0.05) is 12.1 Å². The second kappa shape index (κ2) is 5.09. The molecule has 1 heterocycles. The molecule has 0 radical (unpaired) electrons. The first-order valence-electron chi connectivity index (χ1n) is 6.24. The van der Waals surface area contributed by atoms with Crippen molar-refractivity contribution in [3.63, 3.8) is 0 Å². The molecule has 0 spiro atoms. The third-order valence-corrected chi connectivity index (χ3v) is 3.62. The average Bonchev–Trinajstić information content (AvgIpc) is 2.80. The number of benzene rings is 1. The zero-order valence-corrected chi connectivity index (χ0v) is 11.3. The van der Waals surface area contributed by atoms with E-state index in [0.29, 0.717) is 0 Å². The molecular formula is C14H12ClN3O2. The van der Waals surface area contributed by atoms with Crippen LogP contribution in [0.25, 0.3) is 11.3 Å². The van der Waals surface area contributed by atoms with Crippen molar-refractivity contribution >= 4 is 17.7 Å². The van der Waals surface area contributed by atoms with E-state index in [2.05, 4.69) is 15.3 Å². The zero-order chi connectivity index (χ0) is 14.1. The molecule has 5 nitrogen and oxygen atoms in total. The van der Waals surface area contributed by atoms with Gasteiger partial charge in [0.25, 0.3) is 0 Å². The fourth-order valence-electron chi connectivity index (χ4n) is 2.57. The molecule has 3 rings (SSSR count). The first-order valence-corrected chi connectivity index (χ1v) is 6.62. The summed E-state index contributed by atoms with van der Waals surface area (Å²) in [5.74, 6) is 0. The maximum Gasteiger partial charge on any atom is 0.405 e. The van der Waals surface area contributed by atoms with Gasteiger partial charge in [0.1, 0.15) is 0 Å². The number of aryl methyl sites for hydroxylation is 1. The fraction of sp³-hybridized carbons (Fsp3) is 0.214. The van der Waals surface area contributed by atoms with Crippen LogP contribution < -0.4 is 5.32 Å². The molecule has 0 aliphatic heterocycles. The van der Waals surface area contributed by atoms with E-state index in [9.17, 15) is 4.79 Å². The molecule has 20 heavy (non-hydrogen) atoms. The number of carbonyl (C=O) groups is 1. The molecular weight excluding hydrogens is 278 g/mol. The van der Waals surface area contributed by atoms with Crippen LogP contribution in [0.5, 0.6) is 0 Å². The molecule has 1 atom stereocenters. The Morgan fingerprint density at radius 2 is 2.25 bits per heavy atom. The summed E-state index contributed by atoms with van der Waals surface area (Å²) in [6.07, 6.45) is 2.27. The summed E-state index contributed by atoms with van der Waals surface area (Å²) >= 11 is 5.79. The van der Waals surface area contributed by atoms with Gasteiger partial charge in [0.15, 0.2) is 0 Å². The number of hydrogen-bond acceptors (Lipinski definition) is 3. The zero-order valence-electron chi connectivity index (χ0n) is 10.5. The van der Waals surface area contributed by atoms with E-state index >= 15 is 0 Å². The second-order valence-corrected chi connectivity index (χ2v) is 5.00. The summed E-state index contributed by atoms with van der Waals surface area (Å²) < 4.78 is 0. The Morgan fingerprint density at radius 3 is 3.00 bits per heavy atom. The maximum absolute atomic E-state index is 10.7. The van der Waals surface area contributed by atoms with Crippen LogP contribution in [-0.4, -0.2) is 21.2 Å². The number of aromatic nitrogens is 2. The van der Waals surface area contributed by atoms with Crippen molar-refractivity contribution < 1.29 is 9.90 Å². The van der Waals surface area contributed by atoms with Crippen LogP contribution in [0.3, 0.4) is 0 Å². The van der Waals surface area contributed by atoms with Gasteiger partial charge in [-0.2, -0.15) is 0 Å². The molecule has 1 aromatic carbocycles. The van der Waals surface area contributed by atoms with E-state index < -0.39 is 6.09 Å². The SMILES string of the molecule is O=C(O)NC1CCc2cc(-c3ccnc(Cl)n3)ccc21. The number of fused-ring (bicyclic) bond motifs is 1. The van der Waals surface area contributed by atoms with Gasteiger partial charge in [-0.15, -0.1) is 0 Å². The highest BCUT2D eigenvalue weighted by Gasteiger charge is 2.24. The summed E-state index contributed by atoms with van der Waals surface area (Å²) in [7, 11) is 0. The molecule has 2 N–H and O–H groups in total. The minimum Gasteiger partial charge on any atom is -0.465 e. The Hall–Kier alpha value is -2.14. The molecule has 1 aliphatic carbocycles. The van der Waals surface area contributed by atoms with Gasteiger partial charge in [-0.3, -0.25) is 0 Å². The van der Waals surface area contributed by atoms with Crippen LogP contribution >= 0.6 is 11.6 Å². The summed E-state index contributed by atoms with van der Waals surface area (Å²) in [5.41, 5.74) is 3.92. The van der Waals surface area contributed by atoms with E-state index in [1.165, 1.54) is 0 Å². The van der Waals surface area contributed by atoms with E-state index in [1.54, 1.807) is 12.3 Å². The quantitative estimate of drug-likeness (QED) is 0.833. The number of amides is 1. The van der Waals surface area contributed by atoms with Crippen molar-refractivity contribution in [2.45, 2.75) is 18.9 Å². The van der Waals surface area contributed by atoms with Gasteiger partial charge in [0, 0.05) is 11.8 Å². The number of nitrogens with zero attached hydrogens (tertiary/aromatic N) is 2. The lowest BCUT2D eigenvalue weighted by atomic mass is 10.0. The molecule has 0 saturated carbocycles. The molecule has 1 aliphatic rings. The number of rotatable bonds is 2. The highest BCUT2D eigenvalue weighted by atomic mass is 35.5. The molecule has 6 heteroatoms. The lowest BCUT2D eigenvalue weighted by Crippen LogP contribution is -2.24. The van der Waals surface area contributed by atoms with E-state index in [4.69, 9.17) is 16.7 Å². The van der Waals surface area contributed by atoms with Crippen molar-refractivity contribution in [1.29, 1.82) is 0 Å². The van der Waals surface area contributed by atoms with Crippen molar-refractivity contribution in [1.82, 2.24) is 15.3 Å².